The third-order valence-corrected chi connectivity index (χ3v) is 3.90. The third-order valence-electron chi connectivity index (χ3n) is 3.58. The van der Waals surface area contributed by atoms with Crippen molar-refractivity contribution in [1.29, 1.82) is 0 Å². The number of carboxylic acids is 1. The van der Waals surface area contributed by atoms with E-state index < -0.39 is 11.6 Å². The summed E-state index contributed by atoms with van der Waals surface area (Å²) in [4.78, 5) is 24.0. The lowest BCUT2D eigenvalue weighted by molar-refractivity contribution is -0.150. The van der Waals surface area contributed by atoms with Gasteiger partial charge in [-0.25, -0.2) is 9.18 Å². The molecule has 0 aliphatic carbocycles. The summed E-state index contributed by atoms with van der Waals surface area (Å²) >= 11 is 5.93. The van der Waals surface area contributed by atoms with Gasteiger partial charge in [0.1, 0.15) is 5.75 Å². The highest BCUT2D eigenvalue weighted by molar-refractivity contribution is 6.32. The van der Waals surface area contributed by atoms with Gasteiger partial charge < -0.3 is 14.7 Å². The van der Waals surface area contributed by atoms with Crippen molar-refractivity contribution in [2.24, 2.45) is 0 Å². The minimum Gasteiger partial charge on any atom is -0.492 e. The van der Waals surface area contributed by atoms with Crippen molar-refractivity contribution in [3.05, 3.63) is 29.3 Å². The first-order valence-electron chi connectivity index (χ1n) is 7.00. The molecular weight excluding hydrogens is 313 g/mol. The van der Waals surface area contributed by atoms with Gasteiger partial charge in [-0.2, -0.15) is 0 Å². The molecule has 1 atom stereocenters. The maximum Gasteiger partial charge on any atom is 0.343 e. The lowest BCUT2D eigenvalue weighted by atomic mass is 10.1. The summed E-state index contributed by atoms with van der Waals surface area (Å²) in [5, 5.41) is 9.29. The minimum absolute atomic E-state index is 0.132. The lowest BCUT2D eigenvalue weighted by Crippen LogP contribution is -2.38. The van der Waals surface area contributed by atoms with Crippen molar-refractivity contribution in [3.8, 4) is 5.75 Å². The van der Waals surface area contributed by atoms with E-state index >= 15 is 0 Å². The van der Waals surface area contributed by atoms with Crippen molar-refractivity contribution in [1.82, 2.24) is 4.90 Å². The molecule has 1 N–H and O–H groups in total. The number of amides is 1. The van der Waals surface area contributed by atoms with Gasteiger partial charge in [-0.05, 0) is 18.6 Å². The number of hydrogen-bond donors (Lipinski definition) is 1. The molecule has 1 amide bonds. The van der Waals surface area contributed by atoms with E-state index in [1.807, 2.05) is 0 Å². The number of ether oxygens (including phenoxy) is 1. The zero-order valence-electron chi connectivity index (χ0n) is 11.9. The lowest BCUT2D eigenvalue weighted by Gasteiger charge is -2.17. The van der Waals surface area contributed by atoms with E-state index in [1.165, 1.54) is 4.90 Å². The zero-order chi connectivity index (χ0) is 16.2. The average Bonchev–Trinajstić information content (AvgIpc) is 2.89. The molecule has 1 aliphatic rings. The fraction of sp³-hybridized carbons (Fsp3) is 0.467. The fourth-order valence-corrected chi connectivity index (χ4v) is 2.48. The van der Waals surface area contributed by atoms with Gasteiger partial charge in [0, 0.05) is 19.4 Å². The SMILES string of the molecule is O=C(CCCOc1ccccc1Cl)N1CCC(F)(C(=O)O)C1. The number of benzene rings is 1. The van der Waals surface area contributed by atoms with Crippen LogP contribution >= 0.6 is 11.6 Å². The number of likely N-dealkylation sites (tertiary alicyclic amines) is 1. The van der Waals surface area contributed by atoms with E-state index in [4.69, 9.17) is 21.4 Å². The largest absolute Gasteiger partial charge is 0.492 e. The first-order chi connectivity index (χ1) is 10.4. The standard InChI is InChI=1S/C15H17ClFNO4/c16-11-4-1-2-5-12(11)22-9-3-6-13(19)18-8-7-15(17,10-18)14(20)21/h1-2,4-5H,3,6-10H2,(H,20,21). The molecule has 0 saturated carbocycles. The molecule has 1 aliphatic heterocycles. The number of para-hydroxylation sites is 1. The van der Waals surface area contributed by atoms with Crippen LogP contribution in [0.5, 0.6) is 5.75 Å². The van der Waals surface area contributed by atoms with E-state index in [2.05, 4.69) is 0 Å². The number of nitrogens with zero attached hydrogens (tertiary/aromatic N) is 1. The van der Waals surface area contributed by atoms with Crippen LogP contribution in [0.2, 0.25) is 5.02 Å². The summed E-state index contributed by atoms with van der Waals surface area (Å²) < 4.78 is 19.3. The van der Waals surface area contributed by atoms with Crippen LogP contribution in [0.1, 0.15) is 19.3 Å². The minimum atomic E-state index is -2.32. The Hall–Kier alpha value is -1.82. The molecule has 1 aromatic carbocycles. The molecule has 0 bridgehead atoms. The number of alkyl halides is 1. The molecule has 7 heteroatoms. The van der Waals surface area contributed by atoms with Crippen LogP contribution in [0.25, 0.3) is 0 Å². The monoisotopic (exact) mass is 329 g/mol. The smallest absolute Gasteiger partial charge is 0.343 e. The Morgan fingerprint density at radius 3 is 2.77 bits per heavy atom. The normalized spacial score (nSPS) is 20.9. The zero-order valence-corrected chi connectivity index (χ0v) is 12.7. The van der Waals surface area contributed by atoms with Crippen LogP contribution < -0.4 is 4.74 Å². The van der Waals surface area contributed by atoms with Gasteiger partial charge in [0.2, 0.25) is 11.6 Å². The second kappa shape index (κ2) is 6.96. The maximum absolute atomic E-state index is 13.9. The van der Waals surface area contributed by atoms with Crippen molar-refractivity contribution < 1.29 is 23.8 Å². The summed E-state index contributed by atoms with van der Waals surface area (Å²) in [6.45, 7) is 0.0581. The van der Waals surface area contributed by atoms with Crippen molar-refractivity contribution in [3.63, 3.8) is 0 Å². The number of carboxylic acid groups (broad SMARTS) is 1. The number of aliphatic carboxylic acids is 1. The molecular formula is C15H17ClFNO4. The molecule has 0 aromatic heterocycles. The number of hydrogen-bond acceptors (Lipinski definition) is 3. The molecule has 22 heavy (non-hydrogen) atoms. The van der Waals surface area contributed by atoms with E-state index in [-0.39, 0.29) is 31.8 Å². The highest BCUT2D eigenvalue weighted by Crippen LogP contribution is 2.27. The summed E-state index contributed by atoms with van der Waals surface area (Å²) in [6.07, 6.45) is 0.470. The van der Waals surface area contributed by atoms with Crippen LogP contribution in [-0.4, -0.2) is 47.2 Å². The summed E-state index contributed by atoms with van der Waals surface area (Å²) in [5.74, 6) is -1.22. The van der Waals surface area contributed by atoms with Crippen molar-refractivity contribution >= 4 is 23.5 Å². The van der Waals surface area contributed by atoms with Gasteiger partial charge in [0.25, 0.3) is 0 Å². The molecule has 1 heterocycles. The van der Waals surface area contributed by atoms with E-state index in [9.17, 15) is 14.0 Å². The molecule has 2 rings (SSSR count). The molecule has 120 valence electrons. The Kier molecular flexibility index (Phi) is 5.24. The second-order valence-corrected chi connectivity index (χ2v) is 5.63. The van der Waals surface area contributed by atoms with Gasteiger partial charge in [-0.1, -0.05) is 23.7 Å². The third kappa shape index (κ3) is 3.88. The Morgan fingerprint density at radius 2 is 2.14 bits per heavy atom. The van der Waals surface area contributed by atoms with Gasteiger partial charge in [0.15, 0.2) is 0 Å². The summed E-state index contributed by atoms with van der Waals surface area (Å²) in [5.41, 5.74) is -2.32. The Bertz CT molecular complexity index is 568. The first kappa shape index (κ1) is 16.5. The van der Waals surface area contributed by atoms with E-state index in [0.29, 0.717) is 23.8 Å². The predicted octanol–water partition coefficient (Wildman–Crippen LogP) is 2.52. The highest BCUT2D eigenvalue weighted by atomic mass is 35.5. The van der Waals surface area contributed by atoms with Crippen LogP contribution in [0.3, 0.4) is 0 Å². The Morgan fingerprint density at radius 1 is 1.41 bits per heavy atom. The van der Waals surface area contributed by atoms with Crippen LogP contribution in [0.4, 0.5) is 4.39 Å². The molecule has 1 fully saturated rings. The molecule has 1 saturated heterocycles. The molecule has 1 unspecified atom stereocenters. The summed E-state index contributed by atoms with van der Waals surface area (Å²) in [7, 11) is 0. The average molecular weight is 330 g/mol. The van der Waals surface area contributed by atoms with Crippen LogP contribution in [0, 0.1) is 0 Å². The fourth-order valence-electron chi connectivity index (χ4n) is 2.29. The van der Waals surface area contributed by atoms with Gasteiger partial charge in [-0.3, -0.25) is 4.79 Å². The van der Waals surface area contributed by atoms with E-state index in [1.54, 1.807) is 24.3 Å². The van der Waals surface area contributed by atoms with Crippen LogP contribution in [-0.2, 0) is 9.59 Å². The van der Waals surface area contributed by atoms with Crippen LogP contribution in [0.15, 0.2) is 24.3 Å². The van der Waals surface area contributed by atoms with E-state index in [0.717, 1.165) is 0 Å². The predicted molar refractivity (Wildman–Crippen MR) is 78.9 cm³/mol. The first-order valence-corrected chi connectivity index (χ1v) is 7.37. The molecule has 0 spiro atoms. The Balaban J connectivity index is 1.73. The van der Waals surface area contributed by atoms with Crippen molar-refractivity contribution in [2.75, 3.05) is 19.7 Å². The highest BCUT2D eigenvalue weighted by Gasteiger charge is 2.46. The van der Waals surface area contributed by atoms with Gasteiger partial charge in [0.05, 0.1) is 18.2 Å². The van der Waals surface area contributed by atoms with Gasteiger partial charge in [-0.15, -0.1) is 0 Å². The summed E-state index contributed by atoms with van der Waals surface area (Å²) in [6, 6.07) is 7.02. The quantitative estimate of drug-likeness (QED) is 0.814. The number of halogens is 2. The maximum atomic E-state index is 13.9. The molecule has 1 aromatic rings. The number of rotatable bonds is 6. The number of carbonyl (C=O) groups is 2. The number of carbonyl (C=O) groups excluding carboxylic acids is 1. The molecule has 5 nitrogen and oxygen atoms in total. The van der Waals surface area contributed by atoms with Crippen molar-refractivity contribution in [2.45, 2.75) is 24.9 Å². The Labute approximate surface area is 132 Å². The topological polar surface area (TPSA) is 66.8 Å². The van der Waals surface area contributed by atoms with Gasteiger partial charge >= 0.3 is 5.97 Å². The second-order valence-electron chi connectivity index (χ2n) is 5.22. The molecule has 0 radical (unpaired) electrons.